The van der Waals surface area contributed by atoms with Crippen molar-refractivity contribution in [1.29, 1.82) is 0 Å². The van der Waals surface area contributed by atoms with Crippen LogP contribution in [0.4, 0.5) is 0 Å². The minimum atomic E-state index is -3.93. The van der Waals surface area contributed by atoms with Crippen LogP contribution < -0.4 is 0 Å². The van der Waals surface area contributed by atoms with Crippen molar-refractivity contribution in [1.82, 2.24) is 4.98 Å². The van der Waals surface area contributed by atoms with Gasteiger partial charge in [0.1, 0.15) is 0 Å². The Morgan fingerprint density at radius 1 is 1.11 bits per heavy atom. The molecule has 0 amide bonds. The van der Waals surface area contributed by atoms with Gasteiger partial charge in [-0.1, -0.05) is 60.2 Å². The number of sulfone groups is 1. The predicted molar refractivity (Wildman–Crippen MR) is 107 cm³/mol. The average Bonchev–Trinajstić information content (AvgIpc) is 3.02. The van der Waals surface area contributed by atoms with E-state index in [9.17, 15) is 18.5 Å². The summed E-state index contributed by atoms with van der Waals surface area (Å²) in [6.07, 6.45) is 5.89. The largest absolute Gasteiger partial charge is 0.361 e. The lowest BCUT2D eigenvalue weighted by Gasteiger charge is -2.16. The molecule has 2 unspecified atom stereocenters. The summed E-state index contributed by atoms with van der Waals surface area (Å²) < 4.78 is 24.4. The number of aromatic amines is 1. The Balaban J connectivity index is 2.14. The fraction of sp³-hybridized carbons (Fsp3) is 0.200. The van der Waals surface area contributed by atoms with E-state index in [-0.39, 0.29) is 0 Å². The second-order valence-electron chi connectivity index (χ2n) is 6.59. The first-order valence-electron chi connectivity index (χ1n) is 8.40. The maximum atomic E-state index is 12.2. The van der Waals surface area contributed by atoms with E-state index in [4.69, 9.17) is 0 Å². The molecule has 2 aromatic carbocycles. The number of nitro groups is 1. The quantitative estimate of drug-likeness (QED) is 0.515. The van der Waals surface area contributed by atoms with Crippen LogP contribution in [0.1, 0.15) is 22.6 Å². The predicted octanol–water partition coefficient (Wildman–Crippen LogP) is 3.92. The molecule has 0 aliphatic heterocycles. The van der Waals surface area contributed by atoms with Gasteiger partial charge in [0.15, 0.2) is 0 Å². The fourth-order valence-electron chi connectivity index (χ4n) is 3.17. The molecule has 140 valence electrons. The molecule has 1 N–H and O–H groups in total. The second-order valence-corrected chi connectivity index (χ2v) is 8.73. The van der Waals surface area contributed by atoms with Crippen LogP contribution in [0, 0.1) is 17.0 Å². The summed E-state index contributed by atoms with van der Waals surface area (Å²) in [5, 5.41) is 10.7. The van der Waals surface area contributed by atoms with Gasteiger partial charge in [0, 0.05) is 28.3 Å². The summed E-state index contributed by atoms with van der Waals surface area (Å²) in [6.45, 7) is 1.97. The van der Waals surface area contributed by atoms with E-state index in [0.29, 0.717) is 5.56 Å². The van der Waals surface area contributed by atoms with E-state index < -0.39 is 26.1 Å². The molecule has 0 radical (unpaired) electrons. The molecule has 1 aromatic heterocycles. The number of hydrogen-bond donors (Lipinski definition) is 1. The Morgan fingerprint density at radius 2 is 1.78 bits per heavy atom. The van der Waals surface area contributed by atoms with Gasteiger partial charge in [-0.25, -0.2) is 8.42 Å². The minimum absolute atomic E-state index is 0.584. The highest BCUT2D eigenvalue weighted by Crippen LogP contribution is 2.32. The van der Waals surface area contributed by atoms with Crippen LogP contribution >= 0.6 is 0 Å². The first-order chi connectivity index (χ1) is 12.8. The zero-order valence-electron chi connectivity index (χ0n) is 15.0. The van der Waals surface area contributed by atoms with Gasteiger partial charge < -0.3 is 4.98 Å². The van der Waals surface area contributed by atoms with Crippen molar-refractivity contribution in [2.45, 2.75) is 18.2 Å². The second kappa shape index (κ2) is 7.36. The summed E-state index contributed by atoms with van der Waals surface area (Å²) in [6, 6.07) is 15.0. The lowest BCUT2D eigenvalue weighted by molar-refractivity contribution is -0.499. The van der Waals surface area contributed by atoms with Gasteiger partial charge in [-0.3, -0.25) is 10.1 Å². The molecule has 7 heteroatoms. The maximum absolute atomic E-state index is 12.2. The number of fused-ring (bicyclic) bond motifs is 1. The summed E-state index contributed by atoms with van der Waals surface area (Å²) in [5.74, 6) is -0.924. The van der Waals surface area contributed by atoms with Crippen LogP contribution in [0.2, 0.25) is 0 Å². The number of para-hydroxylation sites is 1. The molecule has 2 atom stereocenters. The lowest BCUT2D eigenvalue weighted by atomic mass is 9.96. The highest BCUT2D eigenvalue weighted by Gasteiger charge is 2.41. The van der Waals surface area contributed by atoms with Gasteiger partial charge >= 0.3 is 5.37 Å². The SMILES string of the molecule is Cc1ccc(/C=C/C(c2c[nH]c3ccccc23)C([N+](=O)[O-])S(C)(=O)=O)cc1. The van der Waals surface area contributed by atoms with Crippen LogP contribution in [0.25, 0.3) is 17.0 Å². The zero-order valence-corrected chi connectivity index (χ0v) is 15.8. The Hall–Kier alpha value is -2.93. The smallest absolute Gasteiger partial charge is 0.320 e. The minimum Gasteiger partial charge on any atom is -0.361 e. The van der Waals surface area contributed by atoms with Crippen molar-refractivity contribution < 1.29 is 13.3 Å². The van der Waals surface area contributed by atoms with Crippen LogP contribution in [0.3, 0.4) is 0 Å². The Morgan fingerprint density at radius 3 is 2.41 bits per heavy atom. The Labute approximate surface area is 157 Å². The molecule has 0 saturated heterocycles. The fourth-order valence-corrected chi connectivity index (χ4v) is 4.25. The standard InChI is InChI=1S/C20H20N2O4S/c1-14-7-9-15(10-8-14)11-12-17(20(22(23)24)27(2,25)26)18-13-21-19-6-4-3-5-16(18)19/h3-13,17,20-21H,1-2H3/b12-11+. The zero-order chi connectivity index (χ0) is 19.6. The number of aromatic nitrogens is 1. The van der Waals surface area contributed by atoms with Crippen molar-refractivity contribution in [2.75, 3.05) is 6.26 Å². The van der Waals surface area contributed by atoms with Crippen molar-refractivity contribution in [3.63, 3.8) is 0 Å². The molecule has 0 spiro atoms. The number of aryl methyl sites for hydroxylation is 1. The Bertz CT molecular complexity index is 1100. The number of nitrogens with zero attached hydrogens (tertiary/aromatic N) is 1. The molecular weight excluding hydrogens is 364 g/mol. The molecule has 6 nitrogen and oxygen atoms in total. The first-order valence-corrected chi connectivity index (χ1v) is 10.4. The van der Waals surface area contributed by atoms with Crippen LogP contribution in [-0.4, -0.2) is 30.0 Å². The van der Waals surface area contributed by atoms with Gasteiger partial charge in [-0.2, -0.15) is 0 Å². The van der Waals surface area contributed by atoms with E-state index in [1.165, 1.54) is 0 Å². The number of nitrogens with one attached hydrogen (secondary N) is 1. The molecule has 0 bridgehead atoms. The molecule has 1 heterocycles. The highest BCUT2D eigenvalue weighted by atomic mass is 32.2. The van der Waals surface area contributed by atoms with Gasteiger partial charge in [-0.15, -0.1) is 0 Å². The molecule has 3 rings (SSSR count). The number of H-pyrrole nitrogens is 1. The number of hydrogen-bond acceptors (Lipinski definition) is 4. The number of rotatable bonds is 6. The average molecular weight is 384 g/mol. The number of benzene rings is 2. The van der Waals surface area contributed by atoms with E-state index >= 15 is 0 Å². The van der Waals surface area contributed by atoms with E-state index in [1.807, 2.05) is 55.5 Å². The highest BCUT2D eigenvalue weighted by molar-refractivity contribution is 7.91. The molecule has 27 heavy (non-hydrogen) atoms. The summed E-state index contributed by atoms with van der Waals surface area (Å²) in [4.78, 5) is 14.0. The van der Waals surface area contributed by atoms with Crippen molar-refractivity contribution in [2.24, 2.45) is 0 Å². The Kier molecular flexibility index (Phi) is 5.14. The summed E-state index contributed by atoms with van der Waals surface area (Å²) in [7, 11) is -3.93. The molecule has 0 aliphatic rings. The van der Waals surface area contributed by atoms with Gasteiger partial charge in [0.2, 0.25) is 9.84 Å². The monoisotopic (exact) mass is 384 g/mol. The summed E-state index contributed by atoms with van der Waals surface area (Å²) >= 11 is 0. The van der Waals surface area contributed by atoms with Gasteiger partial charge in [0.25, 0.3) is 0 Å². The van der Waals surface area contributed by atoms with Crippen molar-refractivity contribution in [3.8, 4) is 0 Å². The van der Waals surface area contributed by atoms with Crippen molar-refractivity contribution in [3.05, 3.63) is 87.6 Å². The molecule has 0 saturated carbocycles. The third-order valence-corrected chi connectivity index (χ3v) is 5.85. The van der Waals surface area contributed by atoms with Crippen LogP contribution in [0.15, 0.2) is 60.8 Å². The van der Waals surface area contributed by atoms with Gasteiger partial charge in [-0.05, 0) is 24.1 Å². The molecule has 3 aromatic rings. The molecule has 0 aliphatic carbocycles. The maximum Gasteiger partial charge on any atom is 0.320 e. The summed E-state index contributed by atoms with van der Waals surface area (Å²) in [5.41, 5.74) is 3.33. The van der Waals surface area contributed by atoms with Crippen LogP contribution in [0.5, 0.6) is 0 Å². The van der Waals surface area contributed by atoms with E-state index in [2.05, 4.69) is 4.98 Å². The van der Waals surface area contributed by atoms with Crippen LogP contribution in [-0.2, 0) is 9.84 Å². The van der Waals surface area contributed by atoms with Crippen molar-refractivity contribution >= 4 is 26.8 Å². The third kappa shape index (κ3) is 4.09. The van der Waals surface area contributed by atoms with E-state index in [1.54, 1.807) is 18.3 Å². The molecular formula is C20H20N2O4S. The normalized spacial score (nSPS) is 14.4. The molecule has 0 fully saturated rings. The third-order valence-electron chi connectivity index (χ3n) is 4.51. The van der Waals surface area contributed by atoms with Gasteiger partial charge in [0.05, 0.1) is 5.92 Å². The lowest BCUT2D eigenvalue weighted by Crippen LogP contribution is -2.34. The van der Waals surface area contributed by atoms with E-state index in [0.717, 1.165) is 28.3 Å². The topological polar surface area (TPSA) is 93.1 Å². The first kappa shape index (κ1) is 18.8.